The van der Waals surface area contributed by atoms with Gasteiger partial charge in [-0.15, -0.1) is 12.4 Å². The van der Waals surface area contributed by atoms with Crippen LogP contribution in [0, 0.1) is 42.5 Å². The summed E-state index contributed by atoms with van der Waals surface area (Å²) in [5.74, 6) is 7.34. The lowest BCUT2D eigenvalue weighted by Gasteiger charge is -2.44. The second-order valence-corrected chi connectivity index (χ2v) is 41.9. The first-order valence-electron chi connectivity index (χ1n) is 42.5. The molecule has 5 atom stereocenters. The van der Waals surface area contributed by atoms with Crippen LogP contribution in [0.1, 0.15) is 149 Å². The van der Waals surface area contributed by atoms with Crippen LogP contribution in [0.4, 0.5) is 17.8 Å². The summed E-state index contributed by atoms with van der Waals surface area (Å²) in [6.07, 6.45) is 20.5. The molecule has 49 heteroatoms. The average Bonchev–Trinajstić information content (AvgIpc) is 1.63. The van der Waals surface area contributed by atoms with Crippen molar-refractivity contribution in [3.05, 3.63) is 250 Å². The van der Waals surface area contributed by atoms with Crippen LogP contribution in [-0.4, -0.2) is 117 Å². The number of hydrogen-bond acceptors (Lipinski definition) is 16. The fraction of sp³-hybridized carbons (Fsp3) is 0.372. The van der Waals surface area contributed by atoms with Gasteiger partial charge in [0.25, 0.3) is 0 Å². The van der Waals surface area contributed by atoms with Gasteiger partial charge >= 0.3 is 7.12 Å². The van der Waals surface area contributed by atoms with Crippen molar-refractivity contribution in [2.45, 2.75) is 148 Å². The SMILES string of the molecule is Cc1nc(N2CCC3(CC2)Cc2ccccc2[C@H]3N)n2ccnc2c1-c1cccc(Cl)c1Cl.Cc1nc(N2CCC3(CC2)Cc2ccccc2[C@H]3N[S@](=O)C(C)(C)C)n2ccnc2c1-c1cccc(Cl)c1Cl.Cc1nc(N2CCC3(CC2)Cc2ccccc2[C@H]3N[S@](=O)C(C)(C)C)n2ccnc2c1Br.Cl.N=N/N=N/N=N/N=N/N=N/N=N/N=N/N=N/N=N/N.OB(O)c1cccc(Cl)c1Cl. The Balaban J connectivity index is 0.000000150. The number of aryl methyl sites for hydroxylation is 3. The van der Waals surface area contributed by atoms with E-state index in [1.165, 1.54) is 39.4 Å². The van der Waals surface area contributed by atoms with Crippen LogP contribution in [0.15, 0.2) is 258 Å². The molecule has 3 aliphatic carbocycles. The summed E-state index contributed by atoms with van der Waals surface area (Å²) in [4.78, 5) is 36.0. The van der Waals surface area contributed by atoms with E-state index in [-0.39, 0.29) is 66.8 Å². The zero-order valence-corrected chi connectivity index (χ0v) is 83.3. The number of nitrogens with one attached hydrogen (secondary N) is 3. The number of hydrogen-bond donors (Lipinski definition) is 7. The molecular formula is C86H97BBrCl7N34O4S2. The van der Waals surface area contributed by atoms with Crippen molar-refractivity contribution in [2.24, 2.45) is 117 Å². The first kappa shape index (κ1) is 102. The summed E-state index contributed by atoms with van der Waals surface area (Å²) >= 11 is 40.7. The molecule has 0 saturated carbocycles. The van der Waals surface area contributed by atoms with Gasteiger partial charge in [0.05, 0.1) is 95.2 Å². The first-order valence-corrected chi connectivity index (χ1v) is 47.9. The summed E-state index contributed by atoms with van der Waals surface area (Å²) in [6, 6.07) is 42.2. The van der Waals surface area contributed by atoms with Gasteiger partial charge in [-0.1, -0.05) is 184 Å². The van der Waals surface area contributed by atoms with Crippen LogP contribution in [0.5, 0.6) is 0 Å². The number of rotatable bonds is 18. The number of imidazole rings is 3. The van der Waals surface area contributed by atoms with E-state index in [0.29, 0.717) is 25.1 Å². The Kier molecular flexibility index (Phi) is 33.7. The van der Waals surface area contributed by atoms with Crippen molar-refractivity contribution in [3.8, 4) is 22.3 Å². The highest BCUT2D eigenvalue weighted by Gasteiger charge is 2.52. The second-order valence-electron chi connectivity index (χ2n) is 34.7. The molecule has 0 unspecified atom stereocenters. The van der Waals surface area contributed by atoms with E-state index < -0.39 is 29.1 Å². The zero-order valence-electron chi connectivity index (χ0n) is 74.7. The standard InChI is InChI=1S/C30H33Cl2N5OS.C26H25Cl2N5.C24H30BrN5OS.C6H5BCl2O2.ClH.H3N19/c1-19-24(22-10-7-11-23(31)25(22)32)27-33-14-17-37(27)28(34-19)36-15-12-30(13-16-36)18-20-8-5-6-9-21(20)26(30)35-39(38)29(2,3)4;1-16-21(19-7-4-8-20(27)22(19)28)24-30-11-14-33(24)25(31-16)32-12-9-26(10-13-32)15-17-5-2-3-6-18(17)23(26)29;1-16-19(25)21-26-11-14-30(21)22(27-16)29-12-9-24(10-13-29)15-17-7-5-6-8-18(17)20(24)28-32(31)23(2,3)4;8-5-3-1-2-4(6(5)9)7(10)11;;1-3-5-7-9-11-13-15-17-19-18-16-14-12-10-8-6-4-2/h5-11,14,17,26,35H,12-13,15-16,18H2,1-4H3;2-8,11,14,23H,9-10,12-13,15,29H2,1H3;5-8,11,14,20,28H,9-10,12-13,15H2,1-4H3;1-3,10-11H;1H;(H3,1,2,5,6,9,10,13,14,17,18)/t26-,39-;23-;20-,32-;;;/m111.../s1. The number of fused-ring (bicyclic) bond motifs is 6. The van der Waals surface area contributed by atoms with E-state index in [1.54, 1.807) is 24.3 Å². The Labute approximate surface area is 827 Å². The summed E-state index contributed by atoms with van der Waals surface area (Å²) in [5, 5.41) is 69.3. The molecule has 38 nitrogen and oxygen atoms in total. The maximum atomic E-state index is 13.2. The second kappa shape index (κ2) is 44.7. The van der Waals surface area contributed by atoms with Gasteiger partial charge in [0.1, 0.15) is 11.3 Å². The largest absolute Gasteiger partial charge is 0.490 e. The van der Waals surface area contributed by atoms with Gasteiger partial charge in [-0.25, -0.2) is 47.8 Å². The molecule has 0 bridgehead atoms. The zero-order chi connectivity index (χ0) is 95.4. The summed E-state index contributed by atoms with van der Waals surface area (Å²) in [6.45, 7) is 23.6. The predicted octanol–water partition coefficient (Wildman–Crippen LogP) is 21.5. The van der Waals surface area contributed by atoms with E-state index in [0.717, 1.165) is 176 Å². The summed E-state index contributed by atoms with van der Waals surface area (Å²) in [7, 11) is -3.84. The lowest BCUT2D eigenvalue weighted by molar-refractivity contribution is 0.176. The summed E-state index contributed by atoms with van der Waals surface area (Å²) in [5.41, 5.74) is 30.2. The molecule has 3 saturated heterocycles. The van der Waals surface area contributed by atoms with E-state index in [2.05, 4.69) is 231 Å². The molecule has 0 radical (unpaired) electrons. The smallest absolute Gasteiger partial charge is 0.423 e. The molecule has 3 aliphatic heterocycles. The van der Waals surface area contributed by atoms with Crippen LogP contribution >= 0.6 is 97.9 Å². The van der Waals surface area contributed by atoms with Crippen LogP contribution in [-0.2, 0) is 41.2 Å². The van der Waals surface area contributed by atoms with E-state index in [4.69, 9.17) is 111 Å². The number of benzene rings is 6. The molecule has 6 aliphatic rings. The minimum Gasteiger partial charge on any atom is -0.423 e. The molecule has 6 aromatic carbocycles. The Morgan fingerprint density at radius 2 is 0.778 bits per heavy atom. The van der Waals surface area contributed by atoms with Crippen LogP contribution in [0.25, 0.3) is 39.2 Å². The fourth-order valence-electron chi connectivity index (χ4n) is 18.1. The van der Waals surface area contributed by atoms with Gasteiger partial charge in [0, 0.05) is 115 Å². The lowest BCUT2D eigenvalue weighted by atomic mass is 9.73. The Bertz CT molecular complexity index is 6590. The molecule has 3 fully saturated rings. The van der Waals surface area contributed by atoms with Crippen molar-refractivity contribution in [2.75, 3.05) is 54.0 Å². The maximum Gasteiger partial charge on any atom is 0.490 e. The number of nitrogens with two attached hydrogens (primary N) is 2. The Morgan fingerprint density at radius 3 is 1.15 bits per heavy atom. The number of nitrogens with zero attached hydrogens (tertiary/aromatic N) is 29. The number of halogens is 8. The topological polar surface area (TPSA) is 485 Å². The minimum atomic E-state index is -1.57. The van der Waals surface area contributed by atoms with Gasteiger partial charge in [-0.05, 0) is 282 Å². The molecular weight excluding hydrogens is 1980 g/mol. The van der Waals surface area contributed by atoms with Gasteiger partial charge in [0.2, 0.25) is 17.8 Å². The van der Waals surface area contributed by atoms with Gasteiger partial charge in [0.15, 0.2) is 5.65 Å². The Morgan fingerprint density at radius 1 is 0.452 bits per heavy atom. The molecule has 9 N–H and O–H groups in total. The Hall–Kier alpha value is -10.5. The van der Waals surface area contributed by atoms with Crippen molar-refractivity contribution >= 4 is 167 Å². The van der Waals surface area contributed by atoms with E-state index in [1.807, 2.05) is 124 Å². The van der Waals surface area contributed by atoms with Gasteiger partial charge < -0.3 is 36.3 Å². The molecule has 0 amide bonds. The van der Waals surface area contributed by atoms with E-state index in [9.17, 15) is 8.42 Å². The normalized spacial score (nSPS) is 18.2. The third-order valence-corrected chi connectivity index (χ3v) is 31.3. The predicted molar refractivity (Wildman–Crippen MR) is 530 cm³/mol. The lowest BCUT2D eigenvalue weighted by Crippen LogP contribution is -2.48. The average molecular weight is 2070 g/mol. The molecule has 3 spiro atoms. The van der Waals surface area contributed by atoms with Gasteiger partial charge in [-0.2, -0.15) is 5.53 Å². The number of aromatic nitrogens is 9. The third kappa shape index (κ3) is 22.7. The molecule has 18 rings (SSSR count). The van der Waals surface area contributed by atoms with Crippen molar-refractivity contribution < 1.29 is 18.5 Å². The van der Waals surface area contributed by atoms with E-state index >= 15 is 0 Å². The quantitative estimate of drug-likeness (QED) is 0.0182. The van der Waals surface area contributed by atoms with Gasteiger partial charge in [-0.3, -0.25) is 13.2 Å². The monoisotopic (exact) mass is 2070 g/mol. The fourth-order valence-corrected chi connectivity index (χ4v) is 21.6. The highest BCUT2D eigenvalue weighted by molar-refractivity contribution is 9.10. The van der Waals surface area contributed by atoms with Crippen LogP contribution in [0.3, 0.4) is 0 Å². The van der Waals surface area contributed by atoms with Crippen molar-refractivity contribution in [1.82, 2.24) is 52.6 Å². The third-order valence-electron chi connectivity index (χ3n) is 24.7. The molecule has 6 aromatic heterocycles. The summed E-state index contributed by atoms with van der Waals surface area (Å²) < 4.78 is 40.0. The van der Waals surface area contributed by atoms with Crippen LogP contribution in [0.2, 0.25) is 30.1 Å². The van der Waals surface area contributed by atoms with Crippen molar-refractivity contribution in [3.63, 3.8) is 0 Å². The highest BCUT2D eigenvalue weighted by atomic mass is 79.9. The molecule has 12 aromatic rings. The first-order chi connectivity index (χ1) is 64.3. The van der Waals surface area contributed by atoms with Crippen molar-refractivity contribution in [1.29, 1.82) is 5.53 Å². The molecule has 706 valence electrons. The molecule has 9 heterocycles. The van der Waals surface area contributed by atoms with Crippen LogP contribution < -0.4 is 41.2 Å². The number of anilines is 3. The molecule has 135 heavy (non-hydrogen) atoms. The maximum absolute atomic E-state index is 13.2. The highest BCUT2D eigenvalue weighted by Crippen LogP contribution is 2.56. The number of piperidine rings is 3. The minimum absolute atomic E-state index is 0.